The van der Waals surface area contributed by atoms with Crippen LogP contribution < -0.4 is 10.1 Å². The average molecular weight is 378 g/mol. The van der Waals surface area contributed by atoms with Crippen molar-refractivity contribution in [3.05, 3.63) is 64.4 Å². The van der Waals surface area contributed by atoms with Crippen molar-refractivity contribution in [2.75, 3.05) is 13.1 Å². The molecule has 6 heteroatoms. The molecule has 3 nitrogen and oxygen atoms in total. The van der Waals surface area contributed by atoms with E-state index >= 15 is 0 Å². The molecule has 0 saturated carbocycles. The fourth-order valence-electron chi connectivity index (χ4n) is 3.54. The summed E-state index contributed by atoms with van der Waals surface area (Å²) >= 11 is 6.08. The van der Waals surface area contributed by atoms with Crippen molar-refractivity contribution in [3.63, 3.8) is 0 Å². The molecular formula is C20H18ClF2NO2. The lowest BCUT2D eigenvalue weighted by Gasteiger charge is -2.25. The van der Waals surface area contributed by atoms with Gasteiger partial charge in [0.15, 0.2) is 0 Å². The number of hydrogen-bond donors (Lipinski definition) is 1. The van der Waals surface area contributed by atoms with Crippen LogP contribution in [0, 0.1) is 11.8 Å². The van der Waals surface area contributed by atoms with E-state index in [1.807, 2.05) is 0 Å². The number of hydrogen-bond acceptors (Lipinski definition) is 3. The van der Waals surface area contributed by atoms with Crippen molar-refractivity contribution in [1.82, 2.24) is 5.32 Å². The molecule has 1 aliphatic heterocycles. The summed E-state index contributed by atoms with van der Waals surface area (Å²) in [5, 5.41) is 4.20. The molecule has 26 heavy (non-hydrogen) atoms. The normalized spacial score (nSPS) is 15.5. The molecule has 0 amide bonds. The zero-order chi connectivity index (χ0) is 18.1. The van der Waals surface area contributed by atoms with Gasteiger partial charge in [-0.15, -0.1) is 0 Å². The maximum atomic E-state index is 14.5. The molecule has 0 unspecified atom stereocenters. The van der Waals surface area contributed by atoms with Crippen molar-refractivity contribution in [2.45, 2.75) is 25.4 Å². The highest BCUT2D eigenvalue weighted by Gasteiger charge is 2.23. The van der Waals surface area contributed by atoms with Crippen molar-refractivity contribution in [1.29, 1.82) is 0 Å². The van der Waals surface area contributed by atoms with Crippen LogP contribution in [0.25, 0.3) is 11.0 Å². The summed E-state index contributed by atoms with van der Waals surface area (Å²) in [6.45, 7) is 1.87. The molecule has 0 radical (unpaired) electrons. The Balaban J connectivity index is 1.63. The zero-order valence-corrected chi connectivity index (χ0v) is 14.8. The highest BCUT2D eigenvalue weighted by Crippen LogP contribution is 2.36. The standard InChI is InChI=1S/C20H18ClF2NO2/c21-15-5-4-13(20-14(15)10-18(23)26-20)11-25-17-3-1-2-16(22)19(17)12-6-8-24-9-7-12/h1-5,10,12,24H,6-9,11H2. The lowest BCUT2D eigenvalue weighted by Crippen LogP contribution is -2.27. The van der Waals surface area contributed by atoms with Crippen molar-refractivity contribution in [3.8, 4) is 5.75 Å². The van der Waals surface area contributed by atoms with E-state index in [-0.39, 0.29) is 18.3 Å². The van der Waals surface area contributed by atoms with Crippen LogP contribution in [0.2, 0.25) is 5.02 Å². The van der Waals surface area contributed by atoms with Gasteiger partial charge >= 0.3 is 0 Å². The Morgan fingerprint density at radius 1 is 1.15 bits per heavy atom. The Kier molecular flexibility index (Phi) is 4.83. The summed E-state index contributed by atoms with van der Waals surface area (Å²) in [5.41, 5.74) is 1.63. The van der Waals surface area contributed by atoms with Crippen LogP contribution in [-0.2, 0) is 6.61 Å². The maximum absolute atomic E-state index is 14.5. The van der Waals surface area contributed by atoms with Crippen LogP contribution in [0.5, 0.6) is 5.75 Å². The molecule has 1 aliphatic rings. The van der Waals surface area contributed by atoms with Crippen LogP contribution in [0.3, 0.4) is 0 Å². The van der Waals surface area contributed by atoms with Crippen LogP contribution >= 0.6 is 11.6 Å². The van der Waals surface area contributed by atoms with Crippen molar-refractivity contribution < 1.29 is 17.9 Å². The van der Waals surface area contributed by atoms with E-state index < -0.39 is 6.01 Å². The second-order valence-electron chi connectivity index (χ2n) is 6.46. The highest BCUT2D eigenvalue weighted by molar-refractivity contribution is 6.35. The summed E-state index contributed by atoms with van der Waals surface area (Å²) in [7, 11) is 0. The molecule has 3 aromatic rings. The third-order valence-electron chi connectivity index (χ3n) is 4.83. The Labute approximate surface area is 154 Å². The smallest absolute Gasteiger partial charge is 0.278 e. The SMILES string of the molecule is Fc1cc2c(Cl)ccc(COc3cccc(F)c3C3CCNCC3)c2o1. The summed E-state index contributed by atoms with van der Waals surface area (Å²) in [6.07, 6.45) is 1.73. The van der Waals surface area contributed by atoms with Gasteiger partial charge in [-0.25, -0.2) is 4.39 Å². The van der Waals surface area contributed by atoms with Crippen molar-refractivity contribution >= 4 is 22.6 Å². The minimum absolute atomic E-state index is 0.124. The van der Waals surface area contributed by atoms with Gasteiger partial charge in [-0.05, 0) is 50.0 Å². The van der Waals surface area contributed by atoms with Gasteiger partial charge in [0.25, 0.3) is 6.01 Å². The van der Waals surface area contributed by atoms with Gasteiger partial charge in [0.1, 0.15) is 23.8 Å². The van der Waals surface area contributed by atoms with Gasteiger partial charge in [-0.1, -0.05) is 23.7 Å². The number of fused-ring (bicyclic) bond motifs is 1. The fraction of sp³-hybridized carbons (Fsp3) is 0.300. The molecule has 1 aromatic heterocycles. The molecule has 4 rings (SSSR count). The molecule has 0 spiro atoms. The first-order chi connectivity index (χ1) is 12.6. The number of furan rings is 1. The van der Waals surface area contributed by atoms with E-state index in [9.17, 15) is 8.78 Å². The van der Waals surface area contributed by atoms with E-state index in [2.05, 4.69) is 5.32 Å². The Morgan fingerprint density at radius 2 is 1.96 bits per heavy atom. The quantitative estimate of drug-likeness (QED) is 0.660. The number of piperidine rings is 1. The van der Waals surface area contributed by atoms with E-state index in [0.29, 0.717) is 32.9 Å². The van der Waals surface area contributed by atoms with E-state index in [0.717, 1.165) is 25.9 Å². The first-order valence-corrected chi connectivity index (χ1v) is 8.99. The first kappa shape index (κ1) is 17.3. The minimum Gasteiger partial charge on any atom is -0.488 e. The fourth-order valence-corrected chi connectivity index (χ4v) is 3.74. The van der Waals surface area contributed by atoms with E-state index in [1.165, 1.54) is 12.1 Å². The number of nitrogens with one attached hydrogen (secondary N) is 1. The summed E-state index contributed by atoms with van der Waals surface area (Å²) < 4.78 is 39.0. The molecule has 1 saturated heterocycles. The summed E-state index contributed by atoms with van der Waals surface area (Å²) in [6, 6.07) is 8.84. The predicted molar refractivity (Wildman–Crippen MR) is 96.8 cm³/mol. The number of benzene rings is 2. The van der Waals surface area contributed by atoms with Crippen LogP contribution in [0.15, 0.2) is 40.8 Å². The predicted octanol–water partition coefficient (Wildman–Crippen LogP) is 5.41. The molecule has 2 heterocycles. The van der Waals surface area contributed by atoms with Crippen molar-refractivity contribution in [2.24, 2.45) is 0 Å². The minimum atomic E-state index is -0.699. The maximum Gasteiger partial charge on any atom is 0.278 e. The van der Waals surface area contributed by atoms with E-state index in [1.54, 1.807) is 24.3 Å². The Hall–Kier alpha value is -2.11. The topological polar surface area (TPSA) is 34.4 Å². The Bertz CT molecular complexity index is 935. The average Bonchev–Trinajstić information content (AvgIpc) is 3.04. The number of ether oxygens (including phenoxy) is 1. The van der Waals surface area contributed by atoms with Gasteiger partial charge in [0.05, 0.1) is 5.02 Å². The largest absolute Gasteiger partial charge is 0.488 e. The Morgan fingerprint density at radius 3 is 2.77 bits per heavy atom. The number of rotatable bonds is 4. The summed E-state index contributed by atoms with van der Waals surface area (Å²) in [4.78, 5) is 0. The van der Waals surface area contributed by atoms with E-state index in [4.69, 9.17) is 20.8 Å². The molecular weight excluding hydrogens is 360 g/mol. The number of halogens is 3. The summed E-state index contributed by atoms with van der Waals surface area (Å²) in [5.74, 6) is 0.394. The first-order valence-electron chi connectivity index (χ1n) is 8.62. The van der Waals surface area contributed by atoms with Gasteiger partial charge in [0.2, 0.25) is 0 Å². The molecule has 0 atom stereocenters. The molecule has 1 fully saturated rings. The van der Waals surface area contributed by atoms with Gasteiger partial charge in [-0.3, -0.25) is 0 Å². The third kappa shape index (κ3) is 3.29. The van der Waals surface area contributed by atoms with Gasteiger partial charge in [-0.2, -0.15) is 4.39 Å². The van der Waals surface area contributed by atoms with Crippen LogP contribution in [0.1, 0.15) is 29.9 Å². The molecule has 1 N–H and O–H groups in total. The van der Waals surface area contributed by atoms with Gasteiger partial charge < -0.3 is 14.5 Å². The van der Waals surface area contributed by atoms with Crippen LogP contribution in [0.4, 0.5) is 8.78 Å². The third-order valence-corrected chi connectivity index (χ3v) is 5.15. The second kappa shape index (κ2) is 7.25. The lowest BCUT2D eigenvalue weighted by molar-refractivity contribution is 0.292. The second-order valence-corrected chi connectivity index (χ2v) is 6.87. The lowest BCUT2D eigenvalue weighted by atomic mass is 9.89. The van der Waals surface area contributed by atoms with Crippen LogP contribution in [-0.4, -0.2) is 13.1 Å². The highest BCUT2D eigenvalue weighted by atomic mass is 35.5. The zero-order valence-electron chi connectivity index (χ0n) is 14.0. The molecule has 136 valence electrons. The van der Waals surface area contributed by atoms with Gasteiger partial charge in [0, 0.05) is 22.6 Å². The molecule has 0 bridgehead atoms. The monoisotopic (exact) mass is 377 g/mol. The molecule has 2 aromatic carbocycles. The molecule has 0 aliphatic carbocycles.